The predicted molar refractivity (Wildman–Crippen MR) is 76.7 cm³/mol. The summed E-state index contributed by atoms with van der Waals surface area (Å²) >= 11 is 0. The number of aliphatic hydroxyl groups is 1. The first-order valence-corrected chi connectivity index (χ1v) is 7.44. The number of aromatic amines is 1. The van der Waals surface area contributed by atoms with Crippen molar-refractivity contribution in [1.29, 1.82) is 0 Å². The van der Waals surface area contributed by atoms with E-state index < -0.39 is 37.9 Å². The number of H-pyrrole nitrogens is 1. The van der Waals surface area contributed by atoms with Gasteiger partial charge in [-0.2, -0.15) is 0 Å². The van der Waals surface area contributed by atoms with E-state index in [1.807, 2.05) is 0 Å². The summed E-state index contributed by atoms with van der Waals surface area (Å²) in [5.41, 5.74) is 7.76. The van der Waals surface area contributed by atoms with Crippen molar-refractivity contribution in [3.05, 3.63) is 43.0 Å². The highest BCUT2D eigenvalue weighted by molar-refractivity contribution is 7.30. The molecule has 0 saturated carbocycles. The molecule has 1 fully saturated rings. The Kier molecular flexibility index (Phi) is 7.04. The Balaban J connectivity index is 0.000000593. The molecule has 0 aromatic carbocycles. The summed E-state index contributed by atoms with van der Waals surface area (Å²) in [6.45, 7) is 1.26. The van der Waals surface area contributed by atoms with Crippen molar-refractivity contribution < 1.29 is 24.2 Å². The molecule has 0 radical (unpaired) electrons. The standard InChI is InChI=1S/C10H13N5O4.HO3P/c1-5-3-15(10(18)12-9(5)17)8-2-6(13-14-11)7(4-16)19-8;1-4(2)3/h3,6-8,16H,2,4H2,1H3,(H,12,17,18);(H-,1,2,3)/p+1/t6-,7+,8+;/m0./s1. The van der Waals surface area contributed by atoms with Gasteiger partial charge in [0, 0.05) is 27.7 Å². The number of ether oxygens (including phenoxy) is 1. The Hall–Kier alpha value is -2.07. The van der Waals surface area contributed by atoms with Crippen LogP contribution in [0.25, 0.3) is 10.4 Å². The molecule has 0 aliphatic carbocycles. The monoisotopic (exact) mass is 348 g/mol. The van der Waals surface area contributed by atoms with E-state index >= 15 is 0 Å². The zero-order valence-corrected chi connectivity index (χ0v) is 12.8. The number of aliphatic hydroxyl groups excluding tert-OH is 1. The Morgan fingerprint density at radius 2 is 2.17 bits per heavy atom. The van der Waals surface area contributed by atoms with E-state index in [2.05, 4.69) is 15.0 Å². The number of hydrogen-bond acceptors (Lipinski definition) is 6. The van der Waals surface area contributed by atoms with Crippen LogP contribution in [0.2, 0.25) is 0 Å². The highest BCUT2D eigenvalue weighted by Gasteiger charge is 2.35. The van der Waals surface area contributed by atoms with Crippen LogP contribution < -0.4 is 11.2 Å². The smallest absolute Gasteiger partial charge is 0.394 e. The molecule has 0 amide bonds. The third-order valence-corrected chi connectivity index (χ3v) is 3.04. The largest absolute Gasteiger partial charge is 0.692 e. The maximum Gasteiger partial charge on any atom is 0.692 e. The van der Waals surface area contributed by atoms with Gasteiger partial charge in [-0.1, -0.05) is 5.11 Å². The normalized spacial score (nSPS) is 22.7. The molecule has 1 aromatic rings. The van der Waals surface area contributed by atoms with Crippen molar-refractivity contribution in [2.24, 2.45) is 5.11 Å². The Morgan fingerprint density at radius 3 is 2.70 bits per heavy atom. The summed E-state index contributed by atoms with van der Waals surface area (Å²) in [4.78, 5) is 42.1. The molecule has 4 N–H and O–H groups in total. The van der Waals surface area contributed by atoms with Crippen LogP contribution in [0, 0.1) is 6.92 Å². The first-order valence-electron chi connectivity index (χ1n) is 6.27. The highest BCUT2D eigenvalue weighted by Crippen LogP contribution is 2.29. The summed E-state index contributed by atoms with van der Waals surface area (Å²) in [5, 5.41) is 12.7. The van der Waals surface area contributed by atoms with Crippen LogP contribution in [-0.2, 0) is 9.30 Å². The molecule has 23 heavy (non-hydrogen) atoms. The molecule has 1 aliphatic heterocycles. The lowest BCUT2D eigenvalue weighted by Gasteiger charge is -2.14. The van der Waals surface area contributed by atoms with E-state index in [4.69, 9.17) is 29.7 Å². The van der Waals surface area contributed by atoms with Gasteiger partial charge in [-0.3, -0.25) is 14.3 Å². The maximum absolute atomic E-state index is 11.7. The van der Waals surface area contributed by atoms with Gasteiger partial charge < -0.3 is 9.84 Å². The minimum atomic E-state index is -2.87. The second kappa shape index (κ2) is 8.53. The number of hydrogen-bond donors (Lipinski definition) is 4. The van der Waals surface area contributed by atoms with Gasteiger partial charge in [-0.25, -0.2) is 4.79 Å². The molecule has 1 aromatic heterocycles. The predicted octanol–water partition coefficient (Wildman–Crippen LogP) is -0.568. The summed E-state index contributed by atoms with van der Waals surface area (Å²) in [6, 6.07) is -0.542. The van der Waals surface area contributed by atoms with Gasteiger partial charge >= 0.3 is 13.9 Å². The highest BCUT2D eigenvalue weighted by atomic mass is 31.1. The number of rotatable bonds is 3. The van der Waals surface area contributed by atoms with E-state index in [9.17, 15) is 9.59 Å². The fourth-order valence-electron chi connectivity index (χ4n) is 2.04. The van der Waals surface area contributed by atoms with Gasteiger partial charge in [0.05, 0.1) is 18.8 Å². The van der Waals surface area contributed by atoms with Gasteiger partial charge in [0.15, 0.2) is 0 Å². The van der Waals surface area contributed by atoms with E-state index in [0.717, 1.165) is 0 Å². The van der Waals surface area contributed by atoms with Crippen LogP contribution in [0.3, 0.4) is 0 Å². The van der Waals surface area contributed by atoms with Gasteiger partial charge in [0.2, 0.25) is 0 Å². The third-order valence-electron chi connectivity index (χ3n) is 3.04. The average Bonchev–Trinajstić information content (AvgIpc) is 2.85. The van der Waals surface area contributed by atoms with Crippen LogP contribution in [-0.4, -0.2) is 43.2 Å². The molecule has 2 rings (SSSR count). The number of aromatic nitrogens is 2. The van der Waals surface area contributed by atoms with E-state index in [-0.39, 0.29) is 13.0 Å². The Bertz CT molecular complexity index is 721. The number of nitrogens with one attached hydrogen (secondary N) is 1. The van der Waals surface area contributed by atoms with Crippen LogP contribution in [0.5, 0.6) is 0 Å². The van der Waals surface area contributed by atoms with E-state index in [1.165, 1.54) is 10.8 Å². The SMILES string of the molecule is Cc1cn([C@H]2C[C@H](N=[N+]=[N-])[C@@H](CO)O2)c(=O)[nH]c1=O.O=[P+](O)O. The first-order chi connectivity index (χ1) is 10.8. The van der Waals surface area contributed by atoms with Gasteiger partial charge in [0.25, 0.3) is 5.56 Å². The molecule has 0 bridgehead atoms. The minimum absolute atomic E-state index is 0.265. The Morgan fingerprint density at radius 1 is 1.57 bits per heavy atom. The van der Waals surface area contributed by atoms with Crippen molar-refractivity contribution in [1.82, 2.24) is 9.55 Å². The van der Waals surface area contributed by atoms with Crippen molar-refractivity contribution in [3.8, 4) is 0 Å². The summed E-state index contributed by atoms with van der Waals surface area (Å²) in [6.07, 6.45) is 0.329. The molecule has 3 atom stereocenters. The number of azide groups is 1. The van der Waals surface area contributed by atoms with Gasteiger partial charge in [-0.05, 0) is 12.5 Å². The lowest BCUT2D eigenvalue weighted by molar-refractivity contribution is -0.0271. The number of aryl methyl sites for hydroxylation is 1. The minimum Gasteiger partial charge on any atom is -0.394 e. The second-order valence-corrected chi connectivity index (χ2v) is 5.06. The lowest BCUT2D eigenvalue weighted by Crippen LogP contribution is -2.33. The van der Waals surface area contributed by atoms with Crippen molar-refractivity contribution in [2.75, 3.05) is 6.61 Å². The van der Waals surface area contributed by atoms with Crippen molar-refractivity contribution in [3.63, 3.8) is 0 Å². The van der Waals surface area contributed by atoms with Crippen molar-refractivity contribution in [2.45, 2.75) is 31.7 Å². The van der Waals surface area contributed by atoms with Crippen LogP contribution in [0.1, 0.15) is 18.2 Å². The molecule has 0 unspecified atom stereocenters. The Labute approximate surface area is 129 Å². The van der Waals surface area contributed by atoms with Gasteiger partial charge in [-0.15, -0.1) is 9.79 Å². The summed E-state index contributed by atoms with van der Waals surface area (Å²) in [5.74, 6) is 0. The molecular formula is C10H15N5O7P+. The summed E-state index contributed by atoms with van der Waals surface area (Å²) in [7, 11) is -2.87. The topological polar surface area (TPSA) is 191 Å². The van der Waals surface area contributed by atoms with E-state index in [1.54, 1.807) is 6.92 Å². The molecule has 12 nitrogen and oxygen atoms in total. The molecule has 126 valence electrons. The van der Waals surface area contributed by atoms with Crippen molar-refractivity contribution >= 4 is 8.25 Å². The maximum atomic E-state index is 11.7. The molecule has 13 heteroatoms. The molecule has 0 spiro atoms. The summed E-state index contributed by atoms with van der Waals surface area (Å²) < 4.78 is 15.4. The fraction of sp³-hybridized carbons (Fsp3) is 0.600. The van der Waals surface area contributed by atoms with Crippen LogP contribution >= 0.6 is 8.25 Å². The number of nitrogens with zero attached hydrogens (tertiary/aromatic N) is 4. The lowest BCUT2D eigenvalue weighted by atomic mass is 10.1. The first kappa shape index (κ1) is 19.0. The molecule has 2 heterocycles. The van der Waals surface area contributed by atoms with Crippen LogP contribution in [0.4, 0.5) is 0 Å². The molecule has 1 aliphatic rings. The van der Waals surface area contributed by atoms with Gasteiger partial charge in [0.1, 0.15) is 6.23 Å². The quantitative estimate of drug-likeness (QED) is 0.243. The molecular weight excluding hydrogens is 333 g/mol. The van der Waals surface area contributed by atoms with E-state index in [0.29, 0.717) is 5.56 Å². The zero-order chi connectivity index (χ0) is 17.6. The average molecular weight is 348 g/mol. The third kappa shape index (κ3) is 5.25. The molecule has 1 saturated heterocycles. The second-order valence-electron chi connectivity index (χ2n) is 4.55. The fourth-order valence-corrected chi connectivity index (χ4v) is 2.04. The van der Waals surface area contributed by atoms with Crippen LogP contribution in [0.15, 0.2) is 20.9 Å². The zero-order valence-electron chi connectivity index (χ0n) is 11.9.